The molecule has 0 aliphatic carbocycles. The molecule has 0 heterocycles. The van der Waals surface area contributed by atoms with E-state index in [-0.39, 0.29) is 6.42 Å². The number of halogens is 9. The molecule has 134 valence electrons. The molecule has 0 aromatic carbocycles. The number of hydrogen-bond acceptors (Lipinski definition) is 2. The Labute approximate surface area is 120 Å². The number of alkyl halides is 9. The molecule has 0 bridgehead atoms. The molecule has 22 heavy (non-hydrogen) atoms. The zero-order valence-corrected chi connectivity index (χ0v) is 12.6. The lowest BCUT2D eigenvalue weighted by Gasteiger charge is -2.35. The van der Waals surface area contributed by atoms with Gasteiger partial charge < -0.3 is 9.30 Å². The fourth-order valence-electron chi connectivity index (χ4n) is 1.20. The second-order valence-electron chi connectivity index (χ2n) is 4.78. The van der Waals surface area contributed by atoms with Crippen LogP contribution in [0.2, 0.25) is 0 Å². The van der Waals surface area contributed by atoms with Crippen LogP contribution in [0.3, 0.4) is 0 Å². The minimum atomic E-state index is -6.95. The smallest absolute Gasteiger partial charge is 0.361 e. The quantitative estimate of drug-likeness (QED) is 0.477. The number of ether oxygens (including phenoxy) is 1. The van der Waals surface area contributed by atoms with Gasteiger partial charge in [-0.05, 0) is 20.0 Å². The van der Waals surface area contributed by atoms with Crippen LogP contribution in [0.1, 0.15) is 20.3 Å². The summed E-state index contributed by atoms with van der Waals surface area (Å²) < 4.78 is 129. The lowest BCUT2D eigenvalue weighted by atomic mass is 10.0. The zero-order valence-electron chi connectivity index (χ0n) is 11.6. The fourth-order valence-corrected chi connectivity index (χ4v) is 1.97. The Morgan fingerprint density at radius 3 is 1.59 bits per heavy atom. The van der Waals surface area contributed by atoms with Crippen molar-refractivity contribution in [3.05, 3.63) is 0 Å². The maximum atomic E-state index is 13.2. The van der Waals surface area contributed by atoms with Crippen molar-refractivity contribution in [1.82, 2.24) is 0 Å². The molecular formula is C10H14F9O2P. The summed E-state index contributed by atoms with van der Waals surface area (Å²) in [6.45, 7) is 0.923. The van der Waals surface area contributed by atoms with Gasteiger partial charge in [0.1, 0.15) is 19.8 Å². The summed E-state index contributed by atoms with van der Waals surface area (Å²) in [6.07, 6.45) is -7.06. The molecule has 2 nitrogen and oxygen atoms in total. The Kier molecular flexibility index (Phi) is 6.10. The Bertz CT molecular complexity index is 421. The molecular weight excluding hydrogens is 354 g/mol. The van der Waals surface area contributed by atoms with Gasteiger partial charge in [0.25, 0.3) is 0 Å². The van der Waals surface area contributed by atoms with Crippen LogP contribution in [0.5, 0.6) is 0 Å². The van der Waals surface area contributed by atoms with E-state index in [2.05, 4.69) is 4.74 Å². The topological polar surface area (TPSA) is 26.3 Å². The predicted molar refractivity (Wildman–Crippen MR) is 60.5 cm³/mol. The van der Waals surface area contributed by atoms with Crippen molar-refractivity contribution < 1.29 is 48.8 Å². The van der Waals surface area contributed by atoms with Gasteiger partial charge in [-0.2, -0.15) is 39.5 Å². The lowest BCUT2D eigenvalue weighted by Crippen LogP contribution is -2.62. The van der Waals surface area contributed by atoms with Gasteiger partial charge >= 0.3 is 23.9 Å². The second kappa shape index (κ2) is 6.22. The van der Waals surface area contributed by atoms with Crippen molar-refractivity contribution in [2.45, 2.75) is 49.6 Å². The first kappa shape index (κ1) is 21.6. The molecule has 0 aromatic heterocycles. The van der Waals surface area contributed by atoms with Gasteiger partial charge in [0.2, 0.25) is 0 Å². The molecule has 0 rings (SSSR count). The van der Waals surface area contributed by atoms with E-state index in [1.165, 1.54) is 6.92 Å². The highest BCUT2D eigenvalue weighted by atomic mass is 31.1. The van der Waals surface area contributed by atoms with Crippen LogP contribution in [-0.4, -0.2) is 42.6 Å². The minimum Gasteiger partial charge on any atom is -0.361 e. The van der Waals surface area contributed by atoms with Gasteiger partial charge in [0, 0.05) is 0 Å². The van der Waals surface area contributed by atoms with Gasteiger partial charge in [0.15, 0.2) is 0 Å². The summed E-state index contributed by atoms with van der Waals surface area (Å²) in [5, 5.41) is -1.82. The largest absolute Gasteiger partial charge is 0.460 e. The van der Waals surface area contributed by atoms with E-state index in [0.717, 1.165) is 13.6 Å². The molecule has 0 amide bonds. The first-order chi connectivity index (χ1) is 9.46. The molecule has 0 spiro atoms. The average molecular weight is 368 g/mol. The highest BCUT2D eigenvalue weighted by molar-refractivity contribution is 7.45. The van der Waals surface area contributed by atoms with E-state index in [0.29, 0.717) is 0 Å². The third-order valence-electron chi connectivity index (χ3n) is 3.20. The van der Waals surface area contributed by atoms with Crippen LogP contribution < -0.4 is 0 Å². The van der Waals surface area contributed by atoms with Crippen LogP contribution in [0.25, 0.3) is 0 Å². The Morgan fingerprint density at radius 2 is 1.32 bits per heavy atom. The molecule has 0 aromatic rings. The van der Waals surface area contributed by atoms with E-state index in [9.17, 15) is 44.1 Å². The van der Waals surface area contributed by atoms with E-state index >= 15 is 0 Å². The molecule has 0 aliphatic rings. The Morgan fingerprint density at radius 1 is 0.909 bits per heavy atom. The fraction of sp³-hybridized carbons (Fsp3) is 1.00. The van der Waals surface area contributed by atoms with Crippen molar-refractivity contribution in [2.75, 3.05) is 13.3 Å². The Balaban J connectivity index is 5.44. The summed E-state index contributed by atoms with van der Waals surface area (Å²) in [4.78, 5) is 0. The minimum absolute atomic E-state index is 0.196. The van der Waals surface area contributed by atoms with Crippen molar-refractivity contribution in [1.29, 1.82) is 0 Å². The molecule has 2 atom stereocenters. The van der Waals surface area contributed by atoms with Gasteiger partial charge in [-0.15, -0.1) is 0 Å². The molecule has 0 radical (unpaired) electrons. The van der Waals surface area contributed by atoms with Gasteiger partial charge in [-0.3, -0.25) is 0 Å². The van der Waals surface area contributed by atoms with Gasteiger partial charge in [0.05, 0.1) is 0 Å². The summed E-state index contributed by atoms with van der Waals surface area (Å²) >= 11 is 0. The van der Waals surface area contributed by atoms with Crippen LogP contribution in [0, 0.1) is 0 Å². The van der Waals surface area contributed by atoms with Crippen LogP contribution >= 0.6 is 7.80 Å². The highest BCUT2D eigenvalue weighted by Gasteiger charge is 2.81. The number of rotatable bonds is 7. The molecule has 0 N–H and O–H groups in total. The van der Waals surface area contributed by atoms with E-state index < -0.39 is 43.7 Å². The van der Waals surface area contributed by atoms with Crippen molar-refractivity contribution in [3.63, 3.8) is 0 Å². The van der Waals surface area contributed by atoms with E-state index in [1.54, 1.807) is 0 Å². The molecule has 12 heteroatoms. The van der Waals surface area contributed by atoms with Crippen LogP contribution in [0.15, 0.2) is 0 Å². The van der Waals surface area contributed by atoms with Crippen molar-refractivity contribution >= 4 is 7.80 Å². The molecule has 0 saturated heterocycles. The first-order valence-corrected chi connectivity index (χ1v) is 7.72. The summed E-state index contributed by atoms with van der Waals surface area (Å²) in [5.41, 5.74) is 0. The summed E-state index contributed by atoms with van der Waals surface area (Å²) in [6, 6.07) is 0. The molecule has 2 unspecified atom stereocenters. The zero-order chi connectivity index (χ0) is 18.2. The standard InChI is InChI=1S/C10H14F9O2P/c1-4-6(2,22(3)20)21-5-7(11,12)8(13,14)9(15,16)10(17,18)19/h22H,4-5H2,1-3H3. The van der Waals surface area contributed by atoms with E-state index in [1.807, 2.05) is 0 Å². The van der Waals surface area contributed by atoms with Crippen LogP contribution in [-0.2, 0) is 9.30 Å². The van der Waals surface area contributed by atoms with Crippen molar-refractivity contribution in [2.24, 2.45) is 0 Å². The SMILES string of the molecule is CCC(C)(OCC(F)(F)C(F)(F)C(F)(F)C(F)(F)F)[PH](C)=O. The molecule has 0 fully saturated rings. The number of hydrogen-bond donors (Lipinski definition) is 0. The highest BCUT2D eigenvalue weighted by Crippen LogP contribution is 2.53. The maximum absolute atomic E-state index is 13.2. The predicted octanol–water partition coefficient (Wildman–Crippen LogP) is 4.79. The van der Waals surface area contributed by atoms with E-state index in [4.69, 9.17) is 0 Å². The summed E-state index contributed by atoms with van der Waals surface area (Å²) in [7, 11) is -2.71. The second-order valence-corrected chi connectivity index (χ2v) is 6.95. The van der Waals surface area contributed by atoms with Crippen molar-refractivity contribution in [3.8, 4) is 0 Å². The third-order valence-corrected chi connectivity index (χ3v) is 5.19. The summed E-state index contributed by atoms with van der Waals surface area (Å²) in [5.74, 6) is -19.5. The maximum Gasteiger partial charge on any atom is 0.460 e. The molecule has 0 aliphatic heterocycles. The monoisotopic (exact) mass is 368 g/mol. The molecule has 0 saturated carbocycles. The first-order valence-electron chi connectivity index (χ1n) is 5.81. The lowest BCUT2D eigenvalue weighted by molar-refractivity contribution is -0.400. The van der Waals surface area contributed by atoms with Gasteiger partial charge in [-0.25, -0.2) is 0 Å². The average Bonchev–Trinajstić information content (AvgIpc) is 2.33. The van der Waals surface area contributed by atoms with Crippen LogP contribution in [0.4, 0.5) is 39.5 Å². The normalized spacial score (nSPS) is 18.9. The van der Waals surface area contributed by atoms with Gasteiger partial charge in [-0.1, -0.05) is 6.92 Å². The Hall–Kier alpha value is -0.440. The third kappa shape index (κ3) is 3.72.